The van der Waals surface area contributed by atoms with Crippen molar-refractivity contribution < 1.29 is 18.8 Å². The Morgan fingerprint density at radius 1 is 1.10 bits per heavy atom. The fourth-order valence-corrected chi connectivity index (χ4v) is 7.47. The topological polar surface area (TPSA) is 89.5 Å². The van der Waals surface area contributed by atoms with Crippen LogP contribution in [0, 0.1) is 5.92 Å². The number of likely N-dealkylation sites (N-methyl/N-ethyl adjacent to an activating group) is 1. The number of carbonyl (C=O) groups is 2. The highest BCUT2D eigenvalue weighted by molar-refractivity contribution is 5.97. The molecular weight excluding hydrogens is 506 g/mol. The van der Waals surface area contributed by atoms with Crippen molar-refractivity contribution in [3.05, 3.63) is 35.3 Å². The fraction of sp³-hybridized carbons (Fsp3) is 0.633. The number of nitrogens with one attached hydrogen (secondary N) is 2. The van der Waals surface area contributed by atoms with E-state index < -0.39 is 0 Å². The van der Waals surface area contributed by atoms with Crippen LogP contribution in [0.5, 0.6) is 5.75 Å². The normalized spacial score (nSPS) is 29.3. The smallest absolute Gasteiger partial charge is 0.309 e. The Morgan fingerprint density at radius 2 is 1.88 bits per heavy atom. The quantitative estimate of drug-likeness (QED) is 0.434. The number of fused-ring (bicyclic) bond motifs is 3. The number of hydrogen-bond acceptors (Lipinski definition) is 7. The van der Waals surface area contributed by atoms with Gasteiger partial charge < -0.3 is 24.8 Å². The molecule has 7 aliphatic rings. The van der Waals surface area contributed by atoms with Crippen molar-refractivity contribution >= 4 is 23.5 Å². The SMILES string of the molecule is COc1cc(C(=O)NC2CN3CCC2CC3)ccc1NC1=NC2=C(C[N+]13CC3)N(C)C(=O)CCN2C1CCCC1. The lowest BCUT2D eigenvalue weighted by Gasteiger charge is -2.44. The Bertz CT molecular complexity index is 1260. The van der Waals surface area contributed by atoms with Gasteiger partial charge >= 0.3 is 5.96 Å². The molecule has 4 saturated heterocycles. The van der Waals surface area contributed by atoms with Crippen LogP contribution >= 0.6 is 0 Å². The van der Waals surface area contributed by atoms with Gasteiger partial charge in [-0.3, -0.25) is 14.9 Å². The number of aliphatic imine (C=N–C) groups is 1. The van der Waals surface area contributed by atoms with Crippen LogP contribution in [0.4, 0.5) is 5.69 Å². The minimum Gasteiger partial charge on any atom is -0.495 e. The molecule has 214 valence electrons. The molecule has 10 nitrogen and oxygen atoms in total. The largest absolute Gasteiger partial charge is 0.495 e. The Kier molecular flexibility index (Phi) is 6.50. The number of quaternary nitrogens is 1. The summed E-state index contributed by atoms with van der Waals surface area (Å²) in [6, 6.07) is 6.32. The van der Waals surface area contributed by atoms with E-state index >= 15 is 0 Å². The Morgan fingerprint density at radius 3 is 2.55 bits per heavy atom. The second-order valence-electron chi connectivity index (χ2n) is 12.5. The molecule has 2 amide bonds. The summed E-state index contributed by atoms with van der Waals surface area (Å²) in [5.41, 5.74) is 2.46. The molecule has 2 bridgehead atoms. The van der Waals surface area contributed by atoms with Crippen LogP contribution in [0.15, 0.2) is 34.7 Å². The lowest BCUT2D eigenvalue weighted by molar-refractivity contribution is -0.696. The van der Waals surface area contributed by atoms with Gasteiger partial charge in [-0.2, -0.15) is 4.99 Å². The average Bonchev–Trinajstić information content (AvgIpc) is 3.57. The van der Waals surface area contributed by atoms with E-state index in [4.69, 9.17) is 9.73 Å². The van der Waals surface area contributed by atoms with Crippen LogP contribution in [-0.2, 0) is 4.79 Å². The van der Waals surface area contributed by atoms with Crippen LogP contribution in [-0.4, -0.2) is 109 Å². The van der Waals surface area contributed by atoms with E-state index in [2.05, 4.69) is 20.4 Å². The first-order valence-corrected chi connectivity index (χ1v) is 15.1. The Balaban J connectivity index is 1.15. The van der Waals surface area contributed by atoms with Crippen molar-refractivity contribution in [1.29, 1.82) is 0 Å². The third kappa shape index (κ3) is 4.55. The molecule has 1 atom stereocenters. The van der Waals surface area contributed by atoms with E-state index in [0.29, 0.717) is 34.2 Å². The number of ether oxygens (including phenoxy) is 1. The molecule has 1 aliphatic carbocycles. The lowest BCUT2D eigenvalue weighted by Crippen LogP contribution is -2.57. The van der Waals surface area contributed by atoms with E-state index in [0.717, 1.165) is 81.8 Å². The van der Waals surface area contributed by atoms with Crippen LogP contribution in [0.3, 0.4) is 0 Å². The van der Waals surface area contributed by atoms with Crippen LogP contribution < -0.4 is 15.4 Å². The maximum Gasteiger partial charge on any atom is 0.309 e. The molecule has 5 fully saturated rings. The number of amides is 2. The van der Waals surface area contributed by atoms with Gasteiger partial charge in [-0.05, 0) is 62.9 Å². The molecule has 10 heteroatoms. The Hall–Kier alpha value is -3.11. The molecule has 0 radical (unpaired) electrons. The zero-order chi connectivity index (χ0) is 27.4. The molecule has 1 aromatic rings. The fourth-order valence-electron chi connectivity index (χ4n) is 7.47. The summed E-state index contributed by atoms with van der Waals surface area (Å²) in [4.78, 5) is 38.1. The molecule has 1 aromatic carbocycles. The molecule has 1 spiro atoms. The first kappa shape index (κ1) is 25.8. The van der Waals surface area contributed by atoms with Gasteiger partial charge in [-0.15, -0.1) is 0 Å². The van der Waals surface area contributed by atoms with E-state index in [1.807, 2.05) is 30.1 Å². The van der Waals surface area contributed by atoms with Gasteiger partial charge in [0.2, 0.25) is 5.91 Å². The van der Waals surface area contributed by atoms with Gasteiger partial charge in [0.15, 0.2) is 5.82 Å². The average molecular weight is 549 g/mol. The van der Waals surface area contributed by atoms with Crippen molar-refractivity contribution in [1.82, 2.24) is 20.0 Å². The van der Waals surface area contributed by atoms with E-state index in [1.165, 1.54) is 25.7 Å². The highest BCUT2D eigenvalue weighted by Gasteiger charge is 2.54. The number of hydrogen-bond donors (Lipinski definition) is 2. The third-order valence-corrected chi connectivity index (χ3v) is 10.2. The number of anilines is 1. The predicted molar refractivity (Wildman–Crippen MR) is 153 cm³/mol. The summed E-state index contributed by atoms with van der Waals surface area (Å²) < 4.78 is 6.49. The predicted octanol–water partition coefficient (Wildman–Crippen LogP) is 2.41. The van der Waals surface area contributed by atoms with E-state index in [9.17, 15) is 9.59 Å². The van der Waals surface area contributed by atoms with Crippen molar-refractivity contribution in [3.63, 3.8) is 0 Å². The number of piperidine rings is 3. The first-order valence-electron chi connectivity index (χ1n) is 15.1. The summed E-state index contributed by atoms with van der Waals surface area (Å²) in [7, 11) is 3.56. The highest BCUT2D eigenvalue weighted by atomic mass is 16.5. The van der Waals surface area contributed by atoms with E-state index in [-0.39, 0.29) is 17.9 Å². The molecule has 6 heterocycles. The minimum absolute atomic E-state index is 0.0405. The number of guanidine groups is 1. The number of nitrogens with zero attached hydrogens (tertiary/aromatic N) is 5. The molecule has 6 aliphatic heterocycles. The second kappa shape index (κ2) is 10.1. The van der Waals surface area contributed by atoms with Crippen LogP contribution in [0.2, 0.25) is 0 Å². The van der Waals surface area contributed by atoms with Crippen molar-refractivity contribution in [2.24, 2.45) is 10.9 Å². The molecular formula is C30H42N7O3+. The zero-order valence-corrected chi connectivity index (χ0v) is 23.8. The molecule has 40 heavy (non-hydrogen) atoms. The number of rotatable bonds is 5. The number of benzene rings is 1. The van der Waals surface area contributed by atoms with Gasteiger partial charge in [-0.25, -0.2) is 4.48 Å². The van der Waals surface area contributed by atoms with Gasteiger partial charge in [0.1, 0.15) is 31.1 Å². The second-order valence-corrected chi connectivity index (χ2v) is 12.5. The maximum atomic E-state index is 13.2. The maximum absolute atomic E-state index is 13.2. The Labute approximate surface area is 236 Å². The van der Waals surface area contributed by atoms with Crippen molar-refractivity contribution in [2.45, 2.75) is 57.0 Å². The molecule has 1 unspecified atom stereocenters. The van der Waals surface area contributed by atoms with Crippen molar-refractivity contribution in [2.75, 3.05) is 65.3 Å². The molecule has 2 N–H and O–H groups in total. The highest BCUT2D eigenvalue weighted by Crippen LogP contribution is 2.39. The van der Waals surface area contributed by atoms with Gasteiger partial charge in [-0.1, -0.05) is 12.8 Å². The van der Waals surface area contributed by atoms with Crippen LogP contribution in [0.25, 0.3) is 0 Å². The summed E-state index contributed by atoms with van der Waals surface area (Å²) in [6.45, 7) is 6.69. The van der Waals surface area contributed by atoms with Gasteiger partial charge in [0, 0.05) is 44.2 Å². The van der Waals surface area contributed by atoms with Crippen molar-refractivity contribution in [3.8, 4) is 5.75 Å². The molecule has 0 aromatic heterocycles. The lowest BCUT2D eigenvalue weighted by atomic mass is 9.84. The van der Waals surface area contributed by atoms with Gasteiger partial charge in [0.05, 0.1) is 12.8 Å². The van der Waals surface area contributed by atoms with Crippen LogP contribution in [0.1, 0.15) is 55.3 Å². The van der Waals surface area contributed by atoms with Gasteiger partial charge in [0.25, 0.3) is 5.91 Å². The summed E-state index contributed by atoms with van der Waals surface area (Å²) in [6.07, 6.45) is 7.64. The zero-order valence-electron chi connectivity index (χ0n) is 23.8. The third-order valence-electron chi connectivity index (χ3n) is 10.2. The van der Waals surface area contributed by atoms with E-state index in [1.54, 1.807) is 7.11 Å². The molecule has 1 saturated carbocycles. The molecule has 8 rings (SSSR count). The number of carbonyl (C=O) groups excluding carboxylic acids is 2. The number of methoxy groups -OCH3 is 1. The summed E-state index contributed by atoms with van der Waals surface area (Å²) in [5, 5.41) is 6.90. The summed E-state index contributed by atoms with van der Waals surface area (Å²) in [5.74, 6) is 3.19. The first-order chi connectivity index (χ1) is 19.4. The monoisotopic (exact) mass is 548 g/mol. The minimum atomic E-state index is -0.0405. The summed E-state index contributed by atoms with van der Waals surface area (Å²) >= 11 is 0. The standard InChI is InChI=1S/C30H41N7O3/c1-34-25-19-37(15-16-37)30(33-28(25)36(14-11-27(34)38)22-5-3-4-6-22)32-23-8-7-21(17-26(23)40-2)29(39)31-24-18-35-12-9-20(24)10-13-35/h7-8,17,20,22,24H,3-6,9-16,18-19H2,1-2H3,(H-,31,32,33,39)/p+1.